The van der Waals surface area contributed by atoms with Crippen LogP contribution in [-0.2, 0) is 0 Å². The molecule has 1 aromatic rings. The summed E-state index contributed by atoms with van der Waals surface area (Å²) in [7, 11) is 0. The summed E-state index contributed by atoms with van der Waals surface area (Å²) in [6.45, 7) is 3.52. The molecule has 1 rings (SSSR count). The number of halogens is 2. The van der Waals surface area contributed by atoms with Crippen molar-refractivity contribution in [1.29, 1.82) is 0 Å². The van der Waals surface area contributed by atoms with Crippen molar-refractivity contribution in [2.45, 2.75) is 25.5 Å². The monoisotopic (exact) mass is 277 g/mol. The maximum absolute atomic E-state index is 9.90. The number of aliphatic hydroxyl groups is 1. The summed E-state index contributed by atoms with van der Waals surface area (Å²) < 4.78 is 0.883. The second-order valence-electron chi connectivity index (χ2n) is 3.89. The molecule has 0 spiro atoms. The number of hydrogen-bond donors (Lipinski definition) is 2. The average Bonchev–Trinajstić information content (AvgIpc) is 2.01. The van der Waals surface area contributed by atoms with Crippen molar-refractivity contribution < 1.29 is 5.11 Å². The summed E-state index contributed by atoms with van der Waals surface area (Å²) in [4.78, 5) is 0. The Hall–Kier alpha value is -0.0900. The van der Waals surface area contributed by atoms with Crippen LogP contribution in [0.25, 0.3) is 0 Å². The molecule has 0 amide bonds. The largest absolute Gasteiger partial charge is 0.386 e. The van der Waals surface area contributed by atoms with E-state index in [-0.39, 0.29) is 0 Å². The number of aliphatic hydroxyl groups excluding tert-OH is 1. The van der Waals surface area contributed by atoms with Crippen LogP contribution in [0, 0.1) is 0 Å². The molecule has 2 nitrogen and oxygen atoms in total. The molecule has 0 radical (unpaired) electrons. The highest BCUT2D eigenvalue weighted by atomic mass is 79.9. The fraction of sp³-hybridized carbons (Fsp3) is 0.400. The normalized spacial score (nSPS) is 14.1. The van der Waals surface area contributed by atoms with Crippen LogP contribution in [0.2, 0.25) is 5.02 Å². The molecule has 0 fully saturated rings. The van der Waals surface area contributed by atoms with E-state index in [9.17, 15) is 5.11 Å². The highest BCUT2D eigenvalue weighted by molar-refractivity contribution is 9.10. The van der Waals surface area contributed by atoms with Crippen LogP contribution in [0.15, 0.2) is 22.7 Å². The Morgan fingerprint density at radius 1 is 1.50 bits per heavy atom. The van der Waals surface area contributed by atoms with Gasteiger partial charge in [0.2, 0.25) is 0 Å². The number of rotatable bonds is 2. The zero-order valence-electron chi connectivity index (χ0n) is 8.09. The van der Waals surface area contributed by atoms with Gasteiger partial charge in [-0.2, -0.15) is 0 Å². The van der Waals surface area contributed by atoms with Gasteiger partial charge in [-0.1, -0.05) is 33.6 Å². The number of nitrogens with two attached hydrogens (primary N) is 1. The van der Waals surface area contributed by atoms with Crippen LogP contribution >= 0.6 is 27.5 Å². The molecule has 1 aromatic carbocycles. The van der Waals surface area contributed by atoms with Crippen molar-refractivity contribution in [2.24, 2.45) is 5.73 Å². The van der Waals surface area contributed by atoms with Crippen LogP contribution in [0.3, 0.4) is 0 Å². The van der Waals surface area contributed by atoms with E-state index in [1.165, 1.54) is 0 Å². The molecular weight excluding hydrogens is 265 g/mol. The van der Waals surface area contributed by atoms with Gasteiger partial charge in [-0.3, -0.25) is 0 Å². The molecule has 0 aliphatic heterocycles. The van der Waals surface area contributed by atoms with E-state index in [0.29, 0.717) is 10.6 Å². The summed E-state index contributed by atoms with van der Waals surface area (Å²) in [5.74, 6) is 0. The summed E-state index contributed by atoms with van der Waals surface area (Å²) in [6, 6.07) is 5.34. The van der Waals surface area contributed by atoms with Gasteiger partial charge in [0.1, 0.15) is 0 Å². The summed E-state index contributed by atoms with van der Waals surface area (Å²) in [6.07, 6.45) is -0.761. The maximum Gasteiger partial charge on any atom is 0.0978 e. The second-order valence-corrected chi connectivity index (χ2v) is 5.21. The van der Waals surface area contributed by atoms with Gasteiger partial charge in [0.15, 0.2) is 0 Å². The van der Waals surface area contributed by atoms with Gasteiger partial charge in [-0.15, -0.1) is 0 Å². The van der Waals surface area contributed by atoms with E-state index in [0.717, 1.165) is 4.47 Å². The minimum atomic E-state index is -0.761. The summed E-state index contributed by atoms with van der Waals surface area (Å²) in [5.41, 5.74) is 5.76. The molecule has 0 saturated heterocycles. The molecule has 0 bridgehead atoms. The highest BCUT2D eigenvalue weighted by Gasteiger charge is 2.26. The molecule has 4 heteroatoms. The van der Waals surface area contributed by atoms with Gasteiger partial charge < -0.3 is 10.8 Å². The molecular formula is C10H13BrClNO. The SMILES string of the molecule is CC(C)(N)C(O)c1ccc(Br)cc1Cl. The third-order valence-corrected chi connectivity index (χ3v) is 2.78. The van der Waals surface area contributed by atoms with Crippen molar-refractivity contribution in [2.75, 3.05) is 0 Å². The molecule has 0 aliphatic carbocycles. The number of hydrogen-bond acceptors (Lipinski definition) is 2. The first kappa shape index (κ1) is 12.0. The van der Waals surface area contributed by atoms with Gasteiger partial charge >= 0.3 is 0 Å². The predicted octanol–water partition coefficient (Wildman–Crippen LogP) is 2.87. The van der Waals surface area contributed by atoms with Crippen LogP contribution < -0.4 is 5.73 Å². The Balaban J connectivity index is 3.08. The van der Waals surface area contributed by atoms with Crippen molar-refractivity contribution in [3.8, 4) is 0 Å². The van der Waals surface area contributed by atoms with E-state index in [1.54, 1.807) is 26.0 Å². The maximum atomic E-state index is 9.90. The van der Waals surface area contributed by atoms with Gasteiger partial charge in [0, 0.05) is 20.6 Å². The third-order valence-electron chi connectivity index (χ3n) is 1.96. The van der Waals surface area contributed by atoms with Crippen molar-refractivity contribution in [1.82, 2.24) is 0 Å². The van der Waals surface area contributed by atoms with Crippen LogP contribution in [-0.4, -0.2) is 10.6 Å². The lowest BCUT2D eigenvalue weighted by Gasteiger charge is -2.26. The minimum Gasteiger partial charge on any atom is -0.386 e. The lowest BCUT2D eigenvalue weighted by Crippen LogP contribution is -2.39. The Labute approximate surface area is 97.2 Å². The molecule has 78 valence electrons. The van der Waals surface area contributed by atoms with E-state index >= 15 is 0 Å². The topological polar surface area (TPSA) is 46.2 Å². The second kappa shape index (κ2) is 4.19. The van der Waals surface area contributed by atoms with Crippen molar-refractivity contribution in [3.63, 3.8) is 0 Å². The summed E-state index contributed by atoms with van der Waals surface area (Å²) >= 11 is 9.28. The Kier molecular flexibility index (Phi) is 3.58. The van der Waals surface area contributed by atoms with Crippen molar-refractivity contribution >= 4 is 27.5 Å². The first-order chi connectivity index (χ1) is 6.32. The van der Waals surface area contributed by atoms with Crippen LogP contribution in [0.5, 0.6) is 0 Å². The number of benzene rings is 1. The lowest BCUT2D eigenvalue weighted by molar-refractivity contribution is 0.105. The van der Waals surface area contributed by atoms with Gasteiger partial charge in [-0.25, -0.2) is 0 Å². The quantitative estimate of drug-likeness (QED) is 0.874. The zero-order chi connectivity index (χ0) is 10.9. The van der Waals surface area contributed by atoms with Crippen molar-refractivity contribution in [3.05, 3.63) is 33.3 Å². The van der Waals surface area contributed by atoms with Gasteiger partial charge in [0.25, 0.3) is 0 Å². The van der Waals surface area contributed by atoms with E-state index in [1.807, 2.05) is 6.07 Å². The van der Waals surface area contributed by atoms with Crippen LogP contribution in [0.4, 0.5) is 0 Å². The highest BCUT2D eigenvalue weighted by Crippen LogP contribution is 2.31. The predicted molar refractivity (Wildman–Crippen MR) is 62.4 cm³/mol. The van der Waals surface area contributed by atoms with Gasteiger partial charge in [-0.05, 0) is 26.0 Å². The molecule has 0 aromatic heterocycles. The fourth-order valence-electron chi connectivity index (χ4n) is 1.12. The first-order valence-corrected chi connectivity index (χ1v) is 5.41. The molecule has 1 unspecified atom stereocenters. The third kappa shape index (κ3) is 2.70. The molecule has 3 N–H and O–H groups in total. The van der Waals surface area contributed by atoms with E-state index in [4.69, 9.17) is 17.3 Å². The van der Waals surface area contributed by atoms with Gasteiger partial charge in [0.05, 0.1) is 6.10 Å². The first-order valence-electron chi connectivity index (χ1n) is 4.24. The molecule has 1 atom stereocenters. The Morgan fingerprint density at radius 2 is 2.07 bits per heavy atom. The minimum absolute atomic E-state index is 0.519. The zero-order valence-corrected chi connectivity index (χ0v) is 10.4. The molecule has 0 aliphatic rings. The molecule has 0 heterocycles. The molecule has 14 heavy (non-hydrogen) atoms. The Morgan fingerprint density at radius 3 is 2.50 bits per heavy atom. The smallest absolute Gasteiger partial charge is 0.0978 e. The van der Waals surface area contributed by atoms with E-state index < -0.39 is 11.6 Å². The molecule has 0 saturated carbocycles. The van der Waals surface area contributed by atoms with Crippen LogP contribution in [0.1, 0.15) is 25.5 Å². The van der Waals surface area contributed by atoms with E-state index in [2.05, 4.69) is 15.9 Å². The fourth-order valence-corrected chi connectivity index (χ4v) is 1.90. The average molecular weight is 279 g/mol. The standard InChI is InChI=1S/C10H13BrClNO/c1-10(2,13)9(14)7-4-3-6(11)5-8(7)12/h3-5,9,14H,13H2,1-2H3. The lowest BCUT2D eigenvalue weighted by atomic mass is 9.92. The Bertz CT molecular complexity index is 335. The summed E-state index contributed by atoms with van der Waals surface area (Å²) in [5, 5.41) is 10.4.